The molecule has 1 aliphatic heterocycles. The number of benzene rings is 2. The van der Waals surface area contributed by atoms with Crippen molar-refractivity contribution < 1.29 is 14.3 Å². The topological polar surface area (TPSA) is 84.4 Å². The van der Waals surface area contributed by atoms with Crippen molar-refractivity contribution in [2.75, 3.05) is 29.6 Å². The predicted octanol–water partition coefficient (Wildman–Crippen LogP) is 4.84. The molecule has 1 aromatic heterocycles. The van der Waals surface area contributed by atoms with Gasteiger partial charge in [-0.2, -0.15) is 0 Å². The molecule has 1 unspecified atom stereocenters. The average Bonchev–Trinajstić information content (AvgIpc) is 3.41. The number of aromatic nitrogens is 2. The van der Waals surface area contributed by atoms with Crippen LogP contribution in [-0.4, -0.2) is 41.4 Å². The molecule has 0 saturated carbocycles. The van der Waals surface area contributed by atoms with Crippen LogP contribution in [0.15, 0.2) is 53.4 Å². The van der Waals surface area contributed by atoms with E-state index in [-0.39, 0.29) is 17.7 Å². The standard InChI is InChI=1S/C22H21ClN4O3S2/c1-30-17-6-4-16(5-7-17)27-13-14(12-20(27)29)21-25-26-22(32-21)24-19(28)10-11-31-18-8-2-15(23)3-9-18/h2-9,14H,10-13H2,1H3,(H,24,26,28). The smallest absolute Gasteiger partial charge is 0.227 e. The van der Waals surface area contributed by atoms with Crippen LogP contribution < -0.4 is 15.0 Å². The molecule has 32 heavy (non-hydrogen) atoms. The maximum Gasteiger partial charge on any atom is 0.227 e. The van der Waals surface area contributed by atoms with Gasteiger partial charge in [0.15, 0.2) is 0 Å². The molecule has 3 aromatic rings. The van der Waals surface area contributed by atoms with Gasteiger partial charge in [-0.15, -0.1) is 22.0 Å². The van der Waals surface area contributed by atoms with Gasteiger partial charge in [0.1, 0.15) is 10.8 Å². The van der Waals surface area contributed by atoms with Crippen molar-refractivity contribution in [1.82, 2.24) is 10.2 Å². The second kappa shape index (κ2) is 10.3. The number of nitrogens with zero attached hydrogens (tertiary/aromatic N) is 3. The summed E-state index contributed by atoms with van der Waals surface area (Å²) in [6.07, 6.45) is 0.724. The number of carbonyl (C=O) groups is 2. The minimum Gasteiger partial charge on any atom is -0.497 e. The minimum atomic E-state index is -0.114. The molecular formula is C22H21ClN4O3S2. The summed E-state index contributed by atoms with van der Waals surface area (Å²) in [6, 6.07) is 14.9. The van der Waals surface area contributed by atoms with Crippen LogP contribution in [-0.2, 0) is 9.59 Å². The van der Waals surface area contributed by atoms with E-state index in [0.717, 1.165) is 21.3 Å². The van der Waals surface area contributed by atoms with Gasteiger partial charge in [-0.25, -0.2) is 0 Å². The summed E-state index contributed by atoms with van der Waals surface area (Å²) in [5.41, 5.74) is 0.828. The van der Waals surface area contributed by atoms with Crippen LogP contribution >= 0.6 is 34.7 Å². The summed E-state index contributed by atoms with van der Waals surface area (Å²) < 4.78 is 5.17. The predicted molar refractivity (Wildman–Crippen MR) is 128 cm³/mol. The van der Waals surface area contributed by atoms with Crippen LogP contribution in [0.25, 0.3) is 0 Å². The largest absolute Gasteiger partial charge is 0.497 e. The summed E-state index contributed by atoms with van der Waals surface area (Å²) in [6.45, 7) is 0.533. The van der Waals surface area contributed by atoms with Crippen molar-refractivity contribution in [2.24, 2.45) is 0 Å². The highest BCUT2D eigenvalue weighted by atomic mass is 35.5. The van der Waals surface area contributed by atoms with Crippen molar-refractivity contribution in [1.29, 1.82) is 0 Å². The third-order valence-corrected chi connectivity index (χ3v) is 7.22. The lowest BCUT2D eigenvalue weighted by molar-refractivity contribution is -0.117. The van der Waals surface area contributed by atoms with E-state index in [1.54, 1.807) is 23.8 Å². The van der Waals surface area contributed by atoms with Crippen molar-refractivity contribution in [3.63, 3.8) is 0 Å². The number of anilines is 2. The van der Waals surface area contributed by atoms with Crippen LogP contribution in [0.2, 0.25) is 5.02 Å². The molecule has 0 radical (unpaired) electrons. The zero-order valence-electron chi connectivity index (χ0n) is 17.3. The van der Waals surface area contributed by atoms with E-state index in [1.165, 1.54) is 11.3 Å². The molecule has 2 heterocycles. The number of hydrogen-bond donors (Lipinski definition) is 1. The molecule has 1 fully saturated rings. The van der Waals surface area contributed by atoms with Crippen LogP contribution in [0.4, 0.5) is 10.8 Å². The number of hydrogen-bond acceptors (Lipinski definition) is 7. The highest BCUT2D eigenvalue weighted by Gasteiger charge is 2.34. The Hall–Kier alpha value is -2.62. The minimum absolute atomic E-state index is 0.0418. The average molecular weight is 489 g/mol. The zero-order valence-corrected chi connectivity index (χ0v) is 19.7. The Kier molecular flexibility index (Phi) is 7.29. The first kappa shape index (κ1) is 22.6. The van der Waals surface area contributed by atoms with Crippen LogP contribution in [0, 0.1) is 0 Å². The molecule has 2 aromatic carbocycles. The number of ether oxygens (including phenoxy) is 1. The highest BCUT2D eigenvalue weighted by Crippen LogP contribution is 2.34. The Labute approximate surface area is 199 Å². The van der Waals surface area contributed by atoms with E-state index in [9.17, 15) is 9.59 Å². The maximum atomic E-state index is 12.5. The molecule has 7 nitrogen and oxygen atoms in total. The van der Waals surface area contributed by atoms with Gasteiger partial charge in [-0.05, 0) is 48.5 Å². The fourth-order valence-corrected chi connectivity index (χ4v) is 5.14. The number of nitrogens with one attached hydrogen (secondary N) is 1. The van der Waals surface area contributed by atoms with Gasteiger partial charge in [-0.3, -0.25) is 9.59 Å². The normalized spacial score (nSPS) is 15.8. The van der Waals surface area contributed by atoms with Crippen molar-refractivity contribution in [3.05, 3.63) is 58.6 Å². The molecule has 166 valence electrons. The Morgan fingerprint density at radius 3 is 2.69 bits per heavy atom. The summed E-state index contributed by atoms with van der Waals surface area (Å²) >= 11 is 8.79. The summed E-state index contributed by atoms with van der Waals surface area (Å²) in [4.78, 5) is 27.6. The monoisotopic (exact) mass is 488 g/mol. The Bertz CT molecular complexity index is 1090. The van der Waals surface area contributed by atoms with Crippen molar-refractivity contribution >= 4 is 57.3 Å². The van der Waals surface area contributed by atoms with Gasteiger partial charge < -0.3 is 15.0 Å². The van der Waals surface area contributed by atoms with Crippen LogP contribution in [0.5, 0.6) is 5.75 Å². The van der Waals surface area contributed by atoms with Crippen molar-refractivity contribution in [2.45, 2.75) is 23.7 Å². The molecule has 2 amide bonds. The summed E-state index contributed by atoms with van der Waals surface area (Å²) in [5.74, 6) is 1.27. The van der Waals surface area contributed by atoms with E-state index >= 15 is 0 Å². The molecule has 0 spiro atoms. The molecule has 1 saturated heterocycles. The maximum absolute atomic E-state index is 12.5. The molecular weight excluding hydrogens is 468 g/mol. The second-order valence-corrected chi connectivity index (χ2v) is 9.76. The number of carbonyl (C=O) groups excluding carboxylic acids is 2. The molecule has 1 atom stereocenters. The van der Waals surface area contributed by atoms with Crippen LogP contribution in [0.1, 0.15) is 23.8 Å². The number of methoxy groups -OCH3 is 1. The van der Waals surface area contributed by atoms with Gasteiger partial charge in [0.05, 0.1) is 7.11 Å². The Morgan fingerprint density at radius 2 is 1.97 bits per heavy atom. The van der Waals surface area contributed by atoms with E-state index in [2.05, 4.69) is 15.5 Å². The fourth-order valence-electron chi connectivity index (χ4n) is 3.31. The molecule has 10 heteroatoms. The van der Waals surface area contributed by atoms with E-state index in [0.29, 0.717) is 35.3 Å². The van der Waals surface area contributed by atoms with Crippen molar-refractivity contribution in [3.8, 4) is 5.75 Å². The van der Waals surface area contributed by atoms with Gasteiger partial charge in [0.25, 0.3) is 0 Å². The highest BCUT2D eigenvalue weighted by molar-refractivity contribution is 7.99. The molecule has 0 bridgehead atoms. The first-order chi connectivity index (χ1) is 15.5. The number of thioether (sulfide) groups is 1. The van der Waals surface area contributed by atoms with Gasteiger partial charge in [0.2, 0.25) is 16.9 Å². The van der Waals surface area contributed by atoms with E-state index < -0.39 is 0 Å². The zero-order chi connectivity index (χ0) is 22.5. The Morgan fingerprint density at radius 1 is 1.22 bits per heavy atom. The van der Waals surface area contributed by atoms with Crippen LogP contribution in [0.3, 0.4) is 0 Å². The van der Waals surface area contributed by atoms with Gasteiger partial charge >= 0.3 is 0 Å². The van der Waals surface area contributed by atoms with E-state index in [1.807, 2.05) is 48.5 Å². The quantitative estimate of drug-likeness (QED) is 0.456. The number of halogens is 1. The third kappa shape index (κ3) is 5.59. The molecule has 1 N–H and O–H groups in total. The van der Waals surface area contributed by atoms with Gasteiger partial charge in [-0.1, -0.05) is 22.9 Å². The fraction of sp³-hybridized carbons (Fsp3) is 0.273. The second-order valence-electron chi connectivity index (χ2n) is 7.15. The first-order valence-corrected chi connectivity index (χ1v) is 12.2. The third-order valence-electron chi connectivity index (χ3n) is 4.96. The first-order valence-electron chi connectivity index (χ1n) is 9.98. The lowest BCUT2D eigenvalue weighted by Gasteiger charge is -2.16. The number of rotatable bonds is 8. The SMILES string of the molecule is COc1ccc(N2CC(c3nnc(NC(=O)CCSc4ccc(Cl)cc4)s3)CC2=O)cc1. The molecule has 1 aliphatic rings. The molecule has 4 rings (SSSR count). The summed E-state index contributed by atoms with van der Waals surface area (Å²) in [7, 11) is 1.61. The number of amides is 2. The lowest BCUT2D eigenvalue weighted by Crippen LogP contribution is -2.24. The lowest BCUT2D eigenvalue weighted by atomic mass is 10.1. The van der Waals surface area contributed by atoms with Gasteiger partial charge in [0, 0.05) is 46.7 Å². The summed E-state index contributed by atoms with van der Waals surface area (Å²) in [5, 5.41) is 13.0. The molecule has 0 aliphatic carbocycles. The van der Waals surface area contributed by atoms with E-state index in [4.69, 9.17) is 16.3 Å². The Balaban J connectivity index is 1.28.